The number of aryl methyl sites for hydroxylation is 1. The number of hydrogen-bond donors (Lipinski definition) is 3. The Balaban J connectivity index is 2.41. The molecular weight excluding hydrogens is 260 g/mol. The van der Waals surface area contributed by atoms with E-state index in [1.165, 1.54) is 13.2 Å². The molecule has 0 heterocycles. The van der Waals surface area contributed by atoms with Crippen molar-refractivity contribution in [3.8, 4) is 11.5 Å². The van der Waals surface area contributed by atoms with Crippen molar-refractivity contribution in [3.63, 3.8) is 0 Å². The highest BCUT2D eigenvalue weighted by Crippen LogP contribution is 2.26. The van der Waals surface area contributed by atoms with Gasteiger partial charge in [0.1, 0.15) is 5.78 Å². The third-order valence-corrected chi connectivity index (χ3v) is 3.10. The van der Waals surface area contributed by atoms with E-state index in [0.29, 0.717) is 31.4 Å². The Hall–Kier alpha value is -1.59. The summed E-state index contributed by atoms with van der Waals surface area (Å²) in [6.07, 6.45) is 1.27. The number of methoxy groups -OCH3 is 1. The van der Waals surface area contributed by atoms with Crippen LogP contribution in [-0.4, -0.2) is 40.9 Å². The fourth-order valence-corrected chi connectivity index (χ4v) is 1.96. The average molecular weight is 282 g/mol. The molecule has 0 amide bonds. The van der Waals surface area contributed by atoms with Crippen LogP contribution in [0.2, 0.25) is 0 Å². The number of phenolic OH excluding ortho intramolecular Hbond substituents is 1. The van der Waals surface area contributed by atoms with Crippen molar-refractivity contribution in [2.24, 2.45) is 0 Å². The van der Waals surface area contributed by atoms with Crippen LogP contribution < -0.4 is 4.74 Å². The maximum Gasteiger partial charge on any atom is 0.160 e. The smallest absolute Gasteiger partial charge is 0.160 e. The van der Waals surface area contributed by atoms with Crippen molar-refractivity contribution in [1.82, 2.24) is 0 Å². The van der Waals surface area contributed by atoms with Crippen LogP contribution in [-0.2, 0) is 11.2 Å². The normalized spacial score (nSPS) is 12.2. The number of Topliss-reactive ketones (excluding diaryl/α,β-unsaturated/α-hetero) is 1. The van der Waals surface area contributed by atoms with Gasteiger partial charge in [-0.2, -0.15) is 0 Å². The number of ketones is 1. The molecule has 5 heteroatoms. The van der Waals surface area contributed by atoms with Gasteiger partial charge in [-0.3, -0.25) is 4.79 Å². The van der Waals surface area contributed by atoms with Gasteiger partial charge >= 0.3 is 0 Å². The molecule has 1 atom stereocenters. The lowest BCUT2D eigenvalue weighted by Gasteiger charge is -2.09. The highest BCUT2D eigenvalue weighted by atomic mass is 16.5. The number of aromatic hydroxyl groups is 1. The summed E-state index contributed by atoms with van der Waals surface area (Å²) in [5, 5.41) is 27.7. The second-order valence-electron chi connectivity index (χ2n) is 4.77. The third-order valence-electron chi connectivity index (χ3n) is 3.10. The van der Waals surface area contributed by atoms with E-state index in [9.17, 15) is 15.0 Å². The first-order valence-electron chi connectivity index (χ1n) is 6.73. The lowest BCUT2D eigenvalue weighted by molar-refractivity contribution is -0.121. The molecule has 0 aliphatic heterocycles. The Bertz CT molecular complexity index is 430. The van der Waals surface area contributed by atoms with Crippen LogP contribution in [0.1, 0.15) is 31.2 Å². The van der Waals surface area contributed by atoms with E-state index in [0.717, 1.165) is 5.56 Å². The van der Waals surface area contributed by atoms with Crippen molar-refractivity contribution in [2.75, 3.05) is 13.7 Å². The fraction of sp³-hybridized carbons (Fsp3) is 0.533. The van der Waals surface area contributed by atoms with Gasteiger partial charge in [0, 0.05) is 19.4 Å². The van der Waals surface area contributed by atoms with Crippen LogP contribution >= 0.6 is 0 Å². The quantitative estimate of drug-likeness (QED) is 0.637. The molecule has 20 heavy (non-hydrogen) atoms. The molecular formula is C15H22O5. The highest BCUT2D eigenvalue weighted by molar-refractivity contribution is 5.79. The summed E-state index contributed by atoms with van der Waals surface area (Å²) in [7, 11) is 1.47. The van der Waals surface area contributed by atoms with Gasteiger partial charge in [0.05, 0.1) is 13.2 Å². The minimum atomic E-state index is -0.677. The Labute approximate surface area is 118 Å². The molecule has 0 bridgehead atoms. The Morgan fingerprint density at radius 2 is 2.15 bits per heavy atom. The molecule has 0 radical (unpaired) electrons. The minimum absolute atomic E-state index is 0.0116. The van der Waals surface area contributed by atoms with E-state index in [1.807, 2.05) is 0 Å². The molecule has 5 nitrogen and oxygen atoms in total. The fourth-order valence-electron chi connectivity index (χ4n) is 1.96. The van der Waals surface area contributed by atoms with Gasteiger partial charge in [-0.1, -0.05) is 6.07 Å². The second kappa shape index (κ2) is 8.55. The largest absolute Gasteiger partial charge is 0.504 e. The zero-order chi connectivity index (χ0) is 15.0. The first kappa shape index (κ1) is 16.5. The lowest BCUT2D eigenvalue weighted by atomic mass is 10.0. The summed E-state index contributed by atoms with van der Waals surface area (Å²) in [6, 6.07) is 4.98. The van der Waals surface area contributed by atoms with Crippen molar-refractivity contribution >= 4 is 5.78 Å². The molecule has 3 N–H and O–H groups in total. The molecule has 1 aromatic carbocycles. The second-order valence-corrected chi connectivity index (χ2v) is 4.77. The van der Waals surface area contributed by atoms with Crippen molar-refractivity contribution < 1.29 is 24.9 Å². The zero-order valence-electron chi connectivity index (χ0n) is 11.7. The number of phenols is 1. The topological polar surface area (TPSA) is 87.0 Å². The predicted octanol–water partition coefficient (Wildman–Crippen LogP) is 1.43. The molecule has 1 unspecified atom stereocenters. The van der Waals surface area contributed by atoms with Crippen LogP contribution in [0.4, 0.5) is 0 Å². The highest BCUT2D eigenvalue weighted by Gasteiger charge is 2.11. The monoisotopic (exact) mass is 282 g/mol. The summed E-state index contributed by atoms with van der Waals surface area (Å²) < 4.78 is 5.00. The van der Waals surface area contributed by atoms with E-state index in [1.54, 1.807) is 12.1 Å². The van der Waals surface area contributed by atoms with Gasteiger partial charge in [0.25, 0.3) is 0 Å². The van der Waals surface area contributed by atoms with Crippen LogP contribution in [0.3, 0.4) is 0 Å². The number of carbonyl (C=O) groups is 1. The molecule has 0 aliphatic carbocycles. The SMILES string of the molecule is COc1cc(CCC(=O)CC(O)CCCO)ccc1O. The standard InChI is InChI=1S/C15H22O5/c1-20-15-9-11(5-7-14(15)19)4-6-13(18)10-12(17)3-2-8-16/h5,7,9,12,16-17,19H,2-4,6,8,10H2,1H3. The first-order chi connectivity index (χ1) is 9.56. The molecule has 0 saturated carbocycles. The number of aliphatic hydroxyl groups is 2. The number of benzene rings is 1. The summed E-state index contributed by atoms with van der Waals surface area (Å²) in [5.74, 6) is 0.447. The van der Waals surface area contributed by atoms with Crippen LogP contribution in [0, 0.1) is 0 Å². The molecule has 0 spiro atoms. The summed E-state index contributed by atoms with van der Waals surface area (Å²) >= 11 is 0. The van der Waals surface area contributed by atoms with Crippen LogP contribution in [0.15, 0.2) is 18.2 Å². The van der Waals surface area contributed by atoms with Crippen LogP contribution in [0.5, 0.6) is 11.5 Å². The number of ether oxygens (including phenoxy) is 1. The number of aliphatic hydroxyl groups excluding tert-OH is 2. The summed E-state index contributed by atoms with van der Waals surface area (Å²) in [6.45, 7) is 0.0263. The number of rotatable bonds is 9. The van der Waals surface area contributed by atoms with E-state index < -0.39 is 6.10 Å². The van der Waals surface area contributed by atoms with E-state index in [2.05, 4.69) is 0 Å². The summed E-state index contributed by atoms with van der Waals surface area (Å²) in [4.78, 5) is 11.7. The lowest BCUT2D eigenvalue weighted by Crippen LogP contribution is -2.14. The van der Waals surface area contributed by atoms with Gasteiger partial charge < -0.3 is 20.1 Å². The number of carbonyl (C=O) groups excluding carboxylic acids is 1. The van der Waals surface area contributed by atoms with Crippen molar-refractivity contribution in [3.05, 3.63) is 23.8 Å². The molecule has 0 fully saturated rings. The van der Waals surface area contributed by atoms with Gasteiger partial charge in [0.15, 0.2) is 11.5 Å². The molecule has 0 aliphatic rings. The molecule has 0 saturated heterocycles. The summed E-state index contributed by atoms with van der Waals surface area (Å²) in [5.41, 5.74) is 0.901. The van der Waals surface area contributed by atoms with Crippen molar-refractivity contribution in [1.29, 1.82) is 0 Å². The minimum Gasteiger partial charge on any atom is -0.504 e. The third kappa shape index (κ3) is 5.59. The first-order valence-corrected chi connectivity index (χ1v) is 6.73. The average Bonchev–Trinajstić information content (AvgIpc) is 2.44. The molecule has 1 rings (SSSR count). The Morgan fingerprint density at radius 3 is 2.80 bits per heavy atom. The van der Waals surface area contributed by atoms with Gasteiger partial charge in [-0.25, -0.2) is 0 Å². The predicted molar refractivity (Wildman–Crippen MR) is 74.9 cm³/mol. The maximum atomic E-state index is 11.7. The Morgan fingerprint density at radius 1 is 1.40 bits per heavy atom. The zero-order valence-corrected chi connectivity index (χ0v) is 11.7. The van der Waals surface area contributed by atoms with Gasteiger partial charge in [0.2, 0.25) is 0 Å². The van der Waals surface area contributed by atoms with E-state index >= 15 is 0 Å². The maximum absolute atomic E-state index is 11.7. The number of hydrogen-bond acceptors (Lipinski definition) is 5. The van der Waals surface area contributed by atoms with Gasteiger partial charge in [-0.15, -0.1) is 0 Å². The van der Waals surface area contributed by atoms with Crippen molar-refractivity contribution in [2.45, 2.75) is 38.2 Å². The molecule has 0 aromatic heterocycles. The van der Waals surface area contributed by atoms with Gasteiger partial charge in [-0.05, 0) is 37.0 Å². The van der Waals surface area contributed by atoms with E-state index in [-0.39, 0.29) is 24.6 Å². The van der Waals surface area contributed by atoms with E-state index in [4.69, 9.17) is 9.84 Å². The van der Waals surface area contributed by atoms with Crippen LogP contribution in [0.25, 0.3) is 0 Å². The molecule has 112 valence electrons. The molecule has 1 aromatic rings. The Kier molecular flexibility index (Phi) is 7.04.